The van der Waals surface area contributed by atoms with Gasteiger partial charge in [-0.15, -0.1) is 6.58 Å². The van der Waals surface area contributed by atoms with Crippen LogP contribution in [0, 0.1) is 5.92 Å². The van der Waals surface area contributed by atoms with Crippen molar-refractivity contribution >= 4 is 33.8 Å². The molecular formula is C40H42N4O4. The van der Waals surface area contributed by atoms with Crippen molar-refractivity contribution in [3.05, 3.63) is 96.3 Å². The molecule has 0 bridgehead atoms. The maximum atomic E-state index is 14.5. The highest BCUT2D eigenvalue weighted by molar-refractivity contribution is 6.01. The number of nitrogens with zero attached hydrogens (tertiary/aromatic N) is 3. The molecule has 1 aliphatic heterocycles. The summed E-state index contributed by atoms with van der Waals surface area (Å²) in [6, 6.07) is 22.4. The Kier molecular flexibility index (Phi) is 7.82. The number of carbonyl (C=O) groups is 2. The van der Waals surface area contributed by atoms with Gasteiger partial charge >= 0.3 is 5.97 Å². The average Bonchev–Trinajstić information content (AvgIpc) is 3.88. The van der Waals surface area contributed by atoms with Crippen LogP contribution in [0.4, 0.5) is 0 Å². The standard InChI is InChI=1S/C40H42N4O4/c1-3-21-40(28-18-19-28,39-41-31-14-8-9-15-32(31)44(39)25-35(45)47-2)42-38(46)27-17-20-29-33(24-27)43-22-23-48-34-16-10-7-13-30(34)37(43)36(29)26-11-5-4-6-12-26/h3,7-10,13-17,20,24,26,28H,1,4-6,11-12,18-19,21-23,25H2,2H3,(H,42,46). The van der Waals surface area contributed by atoms with Gasteiger partial charge in [-0.25, -0.2) is 4.98 Å². The molecule has 2 aromatic heterocycles. The number of benzene rings is 3. The number of carbonyl (C=O) groups excluding carboxylic acids is 2. The van der Waals surface area contributed by atoms with Crippen LogP contribution in [0.15, 0.2) is 79.4 Å². The summed E-state index contributed by atoms with van der Waals surface area (Å²) in [5, 5.41) is 4.71. The second kappa shape index (κ2) is 12.3. The molecule has 3 aromatic carbocycles. The van der Waals surface area contributed by atoms with Crippen LogP contribution in [0.25, 0.3) is 33.2 Å². The topological polar surface area (TPSA) is 87.4 Å². The molecule has 0 radical (unpaired) electrons. The first-order valence-electron chi connectivity index (χ1n) is 17.4. The zero-order chi connectivity index (χ0) is 32.8. The Balaban J connectivity index is 1.25. The fourth-order valence-electron chi connectivity index (χ4n) is 8.38. The number of hydrogen-bond acceptors (Lipinski definition) is 5. The lowest BCUT2D eigenvalue weighted by molar-refractivity contribution is -0.141. The first kappa shape index (κ1) is 30.5. The first-order chi connectivity index (χ1) is 23.5. The first-order valence-corrected chi connectivity index (χ1v) is 17.4. The van der Waals surface area contributed by atoms with Gasteiger partial charge in [0.1, 0.15) is 30.3 Å². The van der Waals surface area contributed by atoms with Gasteiger partial charge in [-0.3, -0.25) is 9.59 Å². The number of rotatable bonds is 9. The summed E-state index contributed by atoms with van der Waals surface area (Å²) in [6.45, 7) is 5.36. The summed E-state index contributed by atoms with van der Waals surface area (Å²) in [4.78, 5) is 32.3. The van der Waals surface area contributed by atoms with Gasteiger partial charge in [-0.05, 0) is 85.9 Å². The largest absolute Gasteiger partial charge is 0.491 e. The van der Waals surface area contributed by atoms with Crippen molar-refractivity contribution < 1.29 is 19.1 Å². The van der Waals surface area contributed by atoms with Gasteiger partial charge in [0.25, 0.3) is 5.91 Å². The van der Waals surface area contributed by atoms with Crippen molar-refractivity contribution in [2.45, 2.75) is 75.9 Å². The highest BCUT2D eigenvalue weighted by Gasteiger charge is 2.50. The van der Waals surface area contributed by atoms with Crippen molar-refractivity contribution in [2.24, 2.45) is 5.92 Å². The SMILES string of the molecule is C=CCC(NC(=O)c1ccc2c(C3CCCCC3)c3n(c2c1)CCOc1ccccc1-3)(c1nc2ccccc2n1CC(=O)OC)C1CC1. The molecule has 2 saturated carbocycles. The maximum absolute atomic E-state index is 14.5. The molecular weight excluding hydrogens is 600 g/mol. The average molecular weight is 643 g/mol. The summed E-state index contributed by atoms with van der Waals surface area (Å²) in [6.07, 6.45) is 10.3. The van der Waals surface area contributed by atoms with Crippen LogP contribution in [0.5, 0.6) is 5.75 Å². The number of fused-ring (bicyclic) bond motifs is 6. The Morgan fingerprint density at radius 2 is 1.81 bits per heavy atom. The molecule has 1 N–H and O–H groups in total. The summed E-state index contributed by atoms with van der Waals surface area (Å²) in [5.74, 6) is 1.68. The van der Waals surface area contributed by atoms with Crippen molar-refractivity contribution in [3.8, 4) is 17.0 Å². The van der Waals surface area contributed by atoms with E-state index < -0.39 is 5.54 Å². The van der Waals surface area contributed by atoms with E-state index in [9.17, 15) is 9.59 Å². The molecule has 8 rings (SSSR count). The van der Waals surface area contributed by atoms with E-state index in [4.69, 9.17) is 14.5 Å². The van der Waals surface area contributed by atoms with Crippen molar-refractivity contribution in [3.63, 3.8) is 0 Å². The lowest BCUT2D eigenvalue weighted by atomic mass is 9.81. The van der Waals surface area contributed by atoms with Crippen LogP contribution in [0.3, 0.4) is 0 Å². The number of nitrogens with one attached hydrogen (secondary N) is 1. The van der Waals surface area contributed by atoms with E-state index in [-0.39, 0.29) is 24.3 Å². The van der Waals surface area contributed by atoms with Gasteiger partial charge < -0.3 is 23.9 Å². The zero-order valence-electron chi connectivity index (χ0n) is 27.5. The molecule has 5 aromatic rings. The molecule has 1 atom stereocenters. The summed E-state index contributed by atoms with van der Waals surface area (Å²) in [7, 11) is 1.39. The molecule has 2 fully saturated rings. The highest BCUT2D eigenvalue weighted by atomic mass is 16.5. The van der Waals surface area contributed by atoms with Gasteiger partial charge in [-0.2, -0.15) is 0 Å². The predicted molar refractivity (Wildman–Crippen MR) is 187 cm³/mol. The molecule has 1 amide bonds. The molecule has 8 heteroatoms. The highest BCUT2D eigenvalue weighted by Crippen LogP contribution is 2.50. The van der Waals surface area contributed by atoms with E-state index in [1.807, 2.05) is 47.0 Å². The summed E-state index contributed by atoms with van der Waals surface area (Å²) < 4.78 is 15.6. The monoisotopic (exact) mass is 642 g/mol. The van der Waals surface area contributed by atoms with E-state index in [0.29, 0.717) is 36.9 Å². The van der Waals surface area contributed by atoms with Crippen molar-refractivity contribution in [1.82, 2.24) is 19.4 Å². The Hall–Kier alpha value is -4.85. The minimum absolute atomic E-state index is 0.00354. The number of para-hydroxylation sites is 3. The predicted octanol–water partition coefficient (Wildman–Crippen LogP) is 7.88. The quantitative estimate of drug-likeness (QED) is 0.131. The molecule has 1 unspecified atom stereocenters. The number of aromatic nitrogens is 3. The maximum Gasteiger partial charge on any atom is 0.325 e. The Bertz CT molecular complexity index is 2050. The smallest absolute Gasteiger partial charge is 0.325 e. The fraction of sp³-hybridized carbons (Fsp3) is 0.375. The molecule has 2 aliphatic carbocycles. The van der Waals surface area contributed by atoms with Crippen LogP contribution in [-0.4, -0.2) is 39.7 Å². The van der Waals surface area contributed by atoms with Crippen LogP contribution in [0.2, 0.25) is 0 Å². The van der Waals surface area contributed by atoms with Crippen LogP contribution in [0.1, 0.15) is 79.0 Å². The van der Waals surface area contributed by atoms with Crippen LogP contribution >= 0.6 is 0 Å². The van der Waals surface area contributed by atoms with Crippen molar-refractivity contribution in [2.75, 3.05) is 13.7 Å². The molecule has 0 saturated heterocycles. The van der Waals surface area contributed by atoms with E-state index in [0.717, 1.165) is 40.7 Å². The lowest BCUT2D eigenvalue weighted by Crippen LogP contribution is -2.49. The second-order valence-corrected chi connectivity index (χ2v) is 13.6. The normalized spacial score (nSPS) is 17.5. The number of esters is 1. The molecule has 8 nitrogen and oxygen atoms in total. The molecule has 3 heterocycles. The van der Waals surface area contributed by atoms with Gasteiger partial charge in [0.2, 0.25) is 0 Å². The van der Waals surface area contributed by atoms with E-state index >= 15 is 0 Å². The molecule has 0 spiro atoms. The summed E-state index contributed by atoms with van der Waals surface area (Å²) in [5.41, 5.74) is 6.19. The minimum atomic E-state index is -0.836. The third-order valence-electron chi connectivity index (χ3n) is 10.7. The van der Waals surface area contributed by atoms with E-state index in [1.54, 1.807) is 0 Å². The number of imidazole rings is 1. The molecule has 48 heavy (non-hydrogen) atoms. The third-order valence-corrected chi connectivity index (χ3v) is 10.7. The van der Waals surface area contributed by atoms with Gasteiger partial charge in [-0.1, -0.05) is 55.7 Å². The fourth-order valence-corrected chi connectivity index (χ4v) is 8.38. The molecule has 246 valence electrons. The number of ether oxygens (including phenoxy) is 2. The van der Waals surface area contributed by atoms with Gasteiger partial charge in [0, 0.05) is 22.0 Å². The second-order valence-electron chi connectivity index (χ2n) is 13.6. The number of hydrogen-bond donors (Lipinski definition) is 1. The zero-order valence-corrected chi connectivity index (χ0v) is 27.5. The Labute approximate surface area is 280 Å². The van der Waals surface area contributed by atoms with Gasteiger partial charge in [0.05, 0.1) is 30.4 Å². The van der Waals surface area contributed by atoms with E-state index in [2.05, 4.69) is 46.8 Å². The number of methoxy groups -OCH3 is 1. The van der Waals surface area contributed by atoms with Gasteiger partial charge in [0.15, 0.2) is 0 Å². The van der Waals surface area contributed by atoms with E-state index in [1.165, 1.54) is 55.9 Å². The third kappa shape index (κ3) is 5.09. The minimum Gasteiger partial charge on any atom is -0.491 e. The lowest BCUT2D eigenvalue weighted by Gasteiger charge is -2.34. The Morgan fingerprint density at radius 1 is 1.02 bits per heavy atom. The number of amides is 1. The molecule has 3 aliphatic rings. The van der Waals surface area contributed by atoms with Crippen molar-refractivity contribution in [1.29, 1.82) is 0 Å². The Morgan fingerprint density at radius 3 is 2.60 bits per heavy atom. The van der Waals surface area contributed by atoms with Crippen LogP contribution < -0.4 is 10.1 Å². The van der Waals surface area contributed by atoms with Crippen LogP contribution in [-0.2, 0) is 28.2 Å². The summed E-state index contributed by atoms with van der Waals surface area (Å²) >= 11 is 0.